The Morgan fingerprint density at radius 3 is 2.22 bits per heavy atom. The van der Waals surface area contributed by atoms with E-state index in [2.05, 4.69) is 20.3 Å². The molecule has 6 nitrogen and oxygen atoms in total. The highest BCUT2D eigenvalue weighted by Gasteiger charge is 2.39. The van der Waals surface area contributed by atoms with Gasteiger partial charge in [-0.1, -0.05) is 0 Å². The fraction of sp³-hybridized carbons (Fsp3) is 0.333. The second-order valence-electron chi connectivity index (χ2n) is 3.31. The van der Waals surface area contributed by atoms with Gasteiger partial charge in [0.1, 0.15) is 5.75 Å². The summed E-state index contributed by atoms with van der Waals surface area (Å²) in [5.74, 6) is 2.39. The molecule has 0 bridgehead atoms. The molecule has 1 rings (SSSR count). The normalized spacial score (nSPS) is 11.4. The van der Waals surface area contributed by atoms with Crippen LogP contribution in [-0.2, 0) is 21.2 Å². The van der Waals surface area contributed by atoms with Crippen molar-refractivity contribution in [2.75, 3.05) is 12.5 Å². The van der Waals surface area contributed by atoms with Crippen LogP contribution in [0, 0.1) is 0 Å². The van der Waals surface area contributed by atoms with Gasteiger partial charge in [-0.15, -0.1) is 14.8 Å². The second kappa shape index (κ2) is 6.40. The lowest BCUT2D eigenvalue weighted by atomic mass is 10.1. The standard InChI is InChI=1S/C9H11F3N2O4/c1-15-8-3-6(2-7(4-8)14-13)5-9(16-10,17-11)18-12/h2-4,14H,5,13H2,1H3. The number of rotatable bonds is 7. The maximum atomic E-state index is 12.1. The Bertz CT molecular complexity index is 360. The molecule has 0 unspecified atom stereocenters. The molecule has 0 amide bonds. The molecule has 0 aliphatic heterocycles. The molecule has 1 aromatic rings. The molecule has 0 saturated heterocycles. The number of hydrazine groups is 1. The van der Waals surface area contributed by atoms with Gasteiger partial charge < -0.3 is 10.2 Å². The maximum Gasteiger partial charge on any atom is 0.384 e. The van der Waals surface area contributed by atoms with Crippen molar-refractivity contribution in [2.45, 2.75) is 12.4 Å². The zero-order chi connectivity index (χ0) is 13.6. The summed E-state index contributed by atoms with van der Waals surface area (Å²) < 4.78 is 41.1. The Morgan fingerprint density at radius 2 is 1.78 bits per heavy atom. The average Bonchev–Trinajstić information content (AvgIpc) is 2.44. The number of halogens is 3. The fourth-order valence-corrected chi connectivity index (χ4v) is 1.33. The Morgan fingerprint density at radius 1 is 1.17 bits per heavy atom. The predicted molar refractivity (Wildman–Crippen MR) is 53.8 cm³/mol. The van der Waals surface area contributed by atoms with Crippen LogP contribution in [0.2, 0.25) is 0 Å². The quantitative estimate of drug-likeness (QED) is 0.447. The van der Waals surface area contributed by atoms with Crippen LogP contribution in [0.15, 0.2) is 18.2 Å². The van der Waals surface area contributed by atoms with E-state index in [1.54, 1.807) is 0 Å². The number of benzene rings is 1. The molecular weight excluding hydrogens is 257 g/mol. The van der Waals surface area contributed by atoms with E-state index >= 15 is 0 Å². The van der Waals surface area contributed by atoms with Gasteiger partial charge in [-0.25, -0.2) is 0 Å². The number of anilines is 1. The fourth-order valence-electron chi connectivity index (χ4n) is 1.33. The van der Waals surface area contributed by atoms with Gasteiger partial charge in [0.05, 0.1) is 19.2 Å². The van der Waals surface area contributed by atoms with Crippen molar-refractivity contribution in [1.82, 2.24) is 0 Å². The van der Waals surface area contributed by atoms with Crippen molar-refractivity contribution >= 4 is 5.69 Å². The van der Waals surface area contributed by atoms with Crippen LogP contribution in [-0.4, -0.2) is 13.1 Å². The smallest absolute Gasteiger partial charge is 0.384 e. The third-order valence-electron chi connectivity index (χ3n) is 2.14. The van der Waals surface area contributed by atoms with E-state index in [0.717, 1.165) is 0 Å². The van der Waals surface area contributed by atoms with Crippen molar-refractivity contribution in [3.63, 3.8) is 0 Å². The molecule has 3 N–H and O–H groups in total. The molecular formula is C9H11F3N2O4. The van der Waals surface area contributed by atoms with Crippen molar-refractivity contribution < 1.29 is 33.1 Å². The van der Waals surface area contributed by atoms with Crippen LogP contribution < -0.4 is 16.0 Å². The van der Waals surface area contributed by atoms with Crippen LogP contribution >= 0.6 is 0 Å². The summed E-state index contributed by atoms with van der Waals surface area (Å²) in [7, 11) is 1.37. The van der Waals surface area contributed by atoms with Gasteiger partial charge in [-0.3, -0.25) is 5.84 Å². The summed E-state index contributed by atoms with van der Waals surface area (Å²) in [6.45, 7) is 0. The van der Waals surface area contributed by atoms with Gasteiger partial charge in [-0.05, 0) is 31.3 Å². The van der Waals surface area contributed by atoms with E-state index in [4.69, 9.17) is 10.6 Å². The maximum absolute atomic E-state index is 12.1. The predicted octanol–water partition coefficient (Wildman–Crippen LogP) is 1.88. The average molecular weight is 268 g/mol. The Kier molecular flexibility index (Phi) is 5.16. The van der Waals surface area contributed by atoms with Gasteiger partial charge in [0.15, 0.2) is 0 Å². The van der Waals surface area contributed by atoms with E-state index < -0.39 is 12.4 Å². The molecule has 0 heterocycles. The summed E-state index contributed by atoms with van der Waals surface area (Å²) >= 11 is 0. The minimum absolute atomic E-state index is 0.190. The molecule has 18 heavy (non-hydrogen) atoms. The number of hydrogen-bond acceptors (Lipinski definition) is 6. The first-order valence-electron chi connectivity index (χ1n) is 4.67. The zero-order valence-corrected chi connectivity index (χ0v) is 9.28. The first kappa shape index (κ1) is 14.5. The molecule has 0 spiro atoms. The lowest BCUT2D eigenvalue weighted by Gasteiger charge is -2.19. The molecule has 0 radical (unpaired) electrons. The lowest BCUT2D eigenvalue weighted by molar-refractivity contribution is -0.546. The topological polar surface area (TPSA) is 75.0 Å². The van der Waals surface area contributed by atoms with Crippen LogP contribution in [0.5, 0.6) is 5.75 Å². The summed E-state index contributed by atoms with van der Waals surface area (Å²) in [5, 5.41) is 0. The molecule has 0 saturated carbocycles. The third-order valence-corrected chi connectivity index (χ3v) is 2.14. The Hall–Kier alpha value is -1.55. The van der Waals surface area contributed by atoms with E-state index in [-0.39, 0.29) is 5.56 Å². The highest BCUT2D eigenvalue weighted by molar-refractivity contribution is 5.50. The van der Waals surface area contributed by atoms with E-state index in [9.17, 15) is 13.6 Å². The minimum Gasteiger partial charge on any atom is -0.497 e. The zero-order valence-electron chi connectivity index (χ0n) is 9.28. The van der Waals surface area contributed by atoms with Gasteiger partial charge in [0.2, 0.25) is 0 Å². The van der Waals surface area contributed by atoms with Crippen LogP contribution in [0.4, 0.5) is 19.3 Å². The van der Waals surface area contributed by atoms with Crippen molar-refractivity contribution in [1.29, 1.82) is 0 Å². The van der Waals surface area contributed by atoms with Gasteiger partial charge in [0, 0.05) is 6.07 Å². The number of hydrogen-bond donors (Lipinski definition) is 2. The molecule has 102 valence electrons. The van der Waals surface area contributed by atoms with Crippen LogP contribution in [0.3, 0.4) is 0 Å². The summed E-state index contributed by atoms with van der Waals surface area (Å²) in [6, 6.07) is 4.25. The van der Waals surface area contributed by atoms with E-state index in [0.29, 0.717) is 11.4 Å². The van der Waals surface area contributed by atoms with Gasteiger partial charge in [-0.2, -0.15) is 0 Å². The van der Waals surface area contributed by atoms with Crippen LogP contribution in [0.1, 0.15) is 5.56 Å². The van der Waals surface area contributed by atoms with Gasteiger partial charge >= 0.3 is 5.97 Å². The monoisotopic (exact) mass is 268 g/mol. The molecule has 0 fully saturated rings. The minimum atomic E-state index is -3.11. The Labute approximate surface area is 100 Å². The number of ether oxygens (including phenoxy) is 1. The SMILES string of the molecule is COc1cc(CC(OF)(OF)OF)cc(NN)c1. The molecule has 9 heteroatoms. The highest BCUT2D eigenvalue weighted by atomic mass is 19.3. The summed E-state index contributed by atoms with van der Waals surface area (Å²) in [6.07, 6.45) is -0.720. The molecule has 1 aromatic carbocycles. The number of nitrogens with one attached hydrogen (secondary N) is 1. The van der Waals surface area contributed by atoms with Gasteiger partial charge in [0.25, 0.3) is 0 Å². The highest BCUT2D eigenvalue weighted by Crippen LogP contribution is 2.27. The lowest BCUT2D eigenvalue weighted by Crippen LogP contribution is -2.34. The van der Waals surface area contributed by atoms with E-state index in [1.165, 1.54) is 25.3 Å². The largest absolute Gasteiger partial charge is 0.497 e. The molecule has 0 atom stereocenters. The van der Waals surface area contributed by atoms with Crippen molar-refractivity contribution in [2.24, 2.45) is 5.84 Å². The Balaban J connectivity index is 3.01. The third kappa shape index (κ3) is 3.23. The summed E-state index contributed by atoms with van der Waals surface area (Å²) in [4.78, 5) is 9.00. The van der Waals surface area contributed by atoms with E-state index in [1.807, 2.05) is 0 Å². The number of nitrogen functional groups attached to an aromatic ring is 1. The molecule has 0 aliphatic carbocycles. The molecule has 0 aromatic heterocycles. The van der Waals surface area contributed by atoms with Crippen molar-refractivity contribution in [3.05, 3.63) is 23.8 Å². The van der Waals surface area contributed by atoms with Crippen LogP contribution in [0.25, 0.3) is 0 Å². The number of methoxy groups -OCH3 is 1. The first-order valence-corrected chi connectivity index (χ1v) is 4.67. The first-order chi connectivity index (χ1) is 8.62. The second-order valence-corrected chi connectivity index (χ2v) is 3.31. The van der Waals surface area contributed by atoms with Crippen molar-refractivity contribution in [3.8, 4) is 5.75 Å². The summed E-state index contributed by atoms with van der Waals surface area (Å²) in [5.41, 5.74) is 2.86. The number of nitrogens with two attached hydrogens (primary N) is 1. The molecule has 0 aliphatic rings.